The number of carbonyl (C=O) groups excluding carboxylic acids is 3. The van der Waals surface area contributed by atoms with Gasteiger partial charge >= 0.3 is 17.9 Å². The third-order valence-electron chi connectivity index (χ3n) is 12.0. The van der Waals surface area contributed by atoms with Gasteiger partial charge in [0, 0.05) is 19.3 Å². The topological polar surface area (TPSA) is 78.9 Å². The van der Waals surface area contributed by atoms with E-state index in [4.69, 9.17) is 14.2 Å². The molecule has 0 spiro atoms. The fourth-order valence-corrected chi connectivity index (χ4v) is 7.73. The average molecular weight is 909 g/mol. The van der Waals surface area contributed by atoms with E-state index in [-0.39, 0.29) is 31.1 Å². The van der Waals surface area contributed by atoms with Gasteiger partial charge < -0.3 is 14.2 Å². The molecule has 0 saturated carbocycles. The first-order valence-corrected chi connectivity index (χ1v) is 27.8. The van der Waals surface area contributed by atoms with Gasteiger partial charge in [0.15, 0.2) is 6.10 Å². The fourth-order valence-electron chi connectivity index (χ4n) is 7.73. The molecule has 0 aliphatic carbocycles. The first kappa shape index (κ1) is 62.1. The minimum Gasteiger partial charge on any atom is -0.462 e. The summed E-state index contributed by atoms with van der Waals surface area (Å²) in [6.07, 6.45) is 66.3. The van der Waals surface area contributed by atoms with Crippen LogP contribution in [0, 0.1) is 0 Å². The maximum atomic E-state index is 12.8. The molecule has 0 aliphatic heterocycles. The molecule has 0 aromatic carbocycles. The second-order valence-corrected chi connectivity index (χ2v) is 18.5. The van der Waals surface area contributed by atoms with E-state index in [2.05, 4.69) is 81.5 Å². The van der Waals surface area contributed by atoms with E-state index in [0.717, 1.165) is 103 Å². The van der Waals surface area contributed by atoms with Gasteiger partial charge in [-0.25, -0.2) is 0 Å². The largest absolute Gasteiger partial charge is 0.462 e. The van der Waals surface area contributed by atoms with Gasteiger partial charge in [-0.3, -0.25) is 14.4 Å². The summed E-state index contributed by atoms with van der Waals surface area (Å²) in [4.78, 5) is 38.1. The molecule has 0 N–H and O–H groups in total. The second-order valence-electron chi connectivity index (χ2n) is 18.5. The molecule has 0 aromatic rings. The maximum Gasteiger partial charge on any atom is 0.306 e. The smallest absolute Gasteiger partial charge is 0.306 e. The van der Waals surface area contributed by atoms with Crippen molar-refractivity contribution >= 4 is 17.9 Å². The van der Waals surface area contributed by atoms with Crippen LogP contribution in [0.4, 0.5) is 0 Å². The lowest BCUT2D eigenvalue weighted by Gasteiger charge is -2.18. The number of unbranched alkanes of at least 4 members (excludes halogenated alkanes) is 29. The summed E-state index contributed by atoms with van der Waals surface area (Å²) < 4.78 is 16.8. The van der Waals surface area contributed by atoms with Crippen molar-refractivity contribution in [1.29, 1.82) is 0 Å². The van der Waals surface area contributed by atoms with Crippen molar-refractivity contribution in [2.24, 2.45) is 0 Å². The molecule has 6 heteroatoms. The summed E-state index contributed by atoms with van der Waals surface area (Å²) in [7, 11) is 0. The summed E-state index contributed by atoms with van der Waals surface area (Å²) >= 11 is 0. The molecule has 1 unspecified atom stereocenters. The van der Waals surface area contributed by atoms with Gasteiger partial charge in [-0.05, 0) is 109 Å². The highest BCUT2D eigenvalue weighted by Crippen LogP contribution is 2.14. The minimum atomic E-state index is -0.788. The van der Waals surface area contributed by atoms with Gasteiger partial charge in [0.1, 0.15) is 13.2 Å². The van der Waals surface area contributed by atoms with Crippen LogP contribution >= 0.6 is 0 Å². The highest BCUT2D eigenvalue weighted by molar-refractivity contribution is 5.71. The summed E-state index contributed by atoms with van der Waals surface area (Å²) in [5, 5.41) is 0. The molecule has 65 heavy (non-hydrogen) atoms. The van der Waals surface area contributed by atoms with E-state index in [0.29, 0.717) is 19.3 Å². The molecule has 0 saturated heterocycles. The number of allylic oxidation sites excluding steroid dienone is 10. The Bertz CT molecular complexity index is 1180. The Kier molecular flexibility index (Phi) is 51.3. The monoisotopic (exact) mass is 909 g/mol. The van der Waals surface area contributed by atoms with E-state index in [1.54, 1.807) is 0 Å². The Morgan fingerprint density at radius 2 is 0.554 bits per heavy atom. The molecule has 0 radical (unpaired) electrons. The zero-order valence-corrected chi connectivity index (χ0v) is 43.0. The molecule has 0 aromatic heterocycles. The van der Waals surface area contributed by atoms with Crippen molar-refractivity contribution in [1.82, 2.24) is 0 Å². The zero-order chi connectivity index (χ0) is 47.2. The number of hydrogen-bond acceptors (Lipinski definition) is 6. The molecule has 0 fully saturated rings. The summed E-state index contributed by atoms with van der Waals surface area (Å²) in [5.41, 5.74) is 0. The van der Waals surface area contributed by atoms with Crippen LogP contribution < -0.4 is 0 Å². The quantitative estimate of drug-likeness (QED) is 0.0262. The van der Waals surface area contributed by atoms with Gasteiger partial charge in [0.05, 0.1) is 0 Å². The van der Waals surface area contributed by atoms with E-state index in [9.17, 15) is 14.4 Å². The van der Waals surface area contributed by atoms with E-state index < -0.39 is 6.10 Å². The number of rotatable bonds is 50. The highest BCUT2D eigenvalue weighted by Gasteiger charge is 2.19. The first-order valence-electron chi connectivity index (χ1n) is 27.8. The molecule has 0 aliphatic rings. The Morgan fingerprint density at radius 3 is 0.908 bits per heavy atom. The Labute approximate surface area is 402 Å². The molecule has 0 rings (SSSR count). The van der Waals surface area contributed by atoms with E-state index >= 15 is 0 Å². The first-order chi connectivity index (χ1) is 32.0. The van der Waals surface area contributed by atoms with Gasteiger partial charge in [0.2, 0.25) is 0 Å². The molecule has 6 nitrogen and oxygen atoms in total. The lowest BCUT2D eigenvalue weighted by Crippen LogP contribution is -2.30. The maximum absolute atomic E-state index is 12.8. The minimum absolute atomic E-state index is 0.0862. The summed E-state index contributed by atoms with van der Waals surface area (Å²) in [6.45, 7) is 6.58. The Morgan fingerprint density at radius 1 is 0.308 bits per heavy atom. The highest BCUT2D eigenvalue weighted by atomic mass is 16.6. The lowest BCUT2D eigenvalue weighted by atomic mass is 10.1. The van der Waals surface area contributed by atoms with Crippen molar-refractivity contribution < 1.29 is 28.6 Å². The average Bonchev–Trinajstić information content (AvgIpc) is 3.30. The second kappa shape index (κ2) is 53.7. The third-order valence-corrected chi connectivity index (χ3v) is 12.0. The van der Waals surface area contributed by atoms with Gasteiger partial charge in [-0.1, -0.05) is 210 Å². The number of ether oxygens (including phenoxy) is 3. The van der Waals surface area contributed by atoms with Crippen molar-refractivity contribution in [3.8, 4) is 0 Å². The molecular weight excluding hydrogens is 805 g/mol. The van der Waals surface area contributed by atoms with Crippen LogP contribution in [0.15, 0.2) is 60.8 Å². The Balaban J connectivity index is 4.41. The zero-order valence-electron chi connectivity index (χ0n) is 43.0. The van der Waals surface area contributed by atoms with Crippen LogP contribution in [0.2, 0.25) is 0 Å². The molecule has 0 amide bonds. The molecule has 376 valence electrons. The Hall–Kier alpha value is -2.89. The van der Waals surface area contributed by atoms with Crippen LogP contribution in [0.25, 0.3) is 0 Å². The van der Waals surface area contributed by atoms with Crippen LogP contribution in [-0.2, 0) is 28.6 Å². The fraction of sp³-hybridized carbons (Fsp3) is 0.780. The van der Waals surface area contributed by atoms with Gasteiger partial charge in [0.25, 0.3) is 0 Å². The van der Waals surface area contributed by atoms with Gasteiger partial charge in [-0.2, -0.15) is 0 Å². The van der Waals surface area contributed by atoms with Crippen LogP contribution in [0.5, 0.6) is 0 Å². The third kappa shape index (κ3) is 51.9. The summed E-state index contributed by atoms with van der Waals surface area (Å²) in [6, 6.07) is 0. The van der Waals surface area contributed by atoms with Crippen molar-refractivity contribution in [2.75, 3.05) is 13.2 Å². The molecule has 0 bridgehead atoms. The van der Waals surface area contributed by atoms with Crippen molar-refractivity contribution in [3.63, 3.8) is 0 Å². The standard InChI is InChI=1S/C59H104O6/c1-4-7-10-13-16-19-22-25-28-29-30-32-34-37-40-43-46-49-52-58(61)64-55-56(54-63-57(60)51-48-45-42-39-36-33-27-24-21-18-15-12-9-6-3)65-59(62)53-50-47-44-41-38-35-31-26-23-20-17-14-11-8-5-2/h17,19-20,22,24,26-29,31,56H,4-16,18,21,23,25,30,32-55H2,1-3H3/b20-17-,22-19-,27-24-,29-28-,31-26-. The van der Waals surface area contributed by atoms with Gasteiger partial charge in [-0.15, -0.1) is 0 Å². The normalized spacial score (nSPS) is 12.5. The molecule has 1 atom stereocenters. The van der Waals surface area contributed by atoms with Crippen LogP contribution in [0.3, 0.4) is 0 Å². The number of hydrogen-bond donors (Lipinski definition) is 0. The van der Waals surface area contributed by atoms with E-state index in [1.165, 1.54) is 135 Å². The predicted molar refractivity (Wildman–Crippen MR) is 279 cm³/mol. The van der Waals surface area contributed by atoms with Crippen molar-refractivity contribution in [2.45, 2.75) is 284 Å². The van der Waals surface area contributed by atoms with Crippen molar-refractivity contribution in [3.05, 3.63) is 60.8 Å². The predicted octanol–water partition coefficient (Wildman–Crippen LogP) is 18.4. The van der Waals surface area contributed by atoms with Crippen LogP contribution in [0.1, 0.15) is 278 Å². The SMILES string of the molecule is CCCCC/C=C\C/C=C\CCCCCCCC(=O)OC(COC(=O)CCCCCCC/C=C\CCCCCCC)COC(=O)CCCCCCCCC/C=C\C/C=C\CCCCCC. The van der Waals surface area contributed by atoms with Crippen LogP contribution in [-0.4, -0.2) is 37.2 Å². The molecular formula is C59H104O6. The number of esters is 3. The summed E-state index contributed by atoms with van der Waals surface area (Å²) in [5.74, 6) is -0.908. The lowest BCUT2D eigenvalue weighted by molar-refractivity contribution is -0.167. The number of carbonyl (C=O) groups is 3. The van der Waals surface area contributed by atoms with E-state index in [1.807, 2.05) is 0 Å². The molecule has 0 heterocycles.